The summed E-state index contributed by atoms with van der Waals surface area (Å²) in [5.74, 6) is 0.645. The highest BCUT2D eigenvalue weighted by Gasteiger charge is 2.02. The Hall–Kier alpha value is -1.91. The van der Waals surface area contributed by atoms with Crippen molar-refractivity contribution in [3.05, 3.63) is 35.8 Å². The van der Waals surface area contributed by atoms with E-state index >= 15 is 0 Å². The minimum Gasteiger partial charge on any atom is -0.436 e. The molecule has 0 fully saturated rings. The van der Waals surface area contributed by atoms with Gasteiger partial charge >= 0.3 is 0 Å². The molecule has 0 unspecified atom stereocenters. The number of nitrogens with zero attached hydrogens (tertiary/aromatic N) is 2. The Balaban J connectivity index is 2.22. The number of aromatic nitrogens is 3. The Kier molecular flexibility index (Phi) is 2.14. The Labute approximate surface area is 79.7 Å². The van der Waals surface area contributed by atoms with Crippen LogP contribution in [0.15, 0.2) is 24.4 Å². The van der Waals surface area contributed by atoms with E-state index in [9.17, 15) is 4.39 Å². The summed E-state index contributed by atoms with van der Waals surface area (Å²) in [6.07, 6.45) is 1.44. The molecule has 0 bridgehead atoms. The number of nitrogens with one attached hydrogen (secondary N) is 1. The van der Waals surface area contributed by atoms with Crippen molar-refractivity contribution >= 4 is 0 Å². The van der Waals surface area contributed by atoms with Crippen LogP contribution in [-0.4, -0.2) is 15.4 Å². The molecular formula is C9H8FN3O. The second-order valence-corrected chi connectivity index (χ2v) is 2.82. The van der Waals surface area contributed by atoms with Gasteiger partial charge in [0.2, 0.25) is 0 Å². The van der Waals surface area contributed by atoms with E-state index in [1.54, 1.807) is 13.0 Å². The first-order valence-corrected chi connectivity index (χ1v) is 4.05. The molecular weight excluding hydrogens is 185 g/mol. The van der Waals surface area contributed by atoms with Crippen molar-refractivity contribution in [3.63, 3.8) is 0 Å². The number of ether oxygens (including phenoxy) is 1. The van der Waals surface area contributed by atoms with E-state index in [0.717, 1.165) is 0 Å². The first kappa shape index (κ1) is 8.68. The van der Waals surface area contributed by atoms with Gasteiger partial charge in [0.1, 0.15) is 17.8 Å². The number of rotatable bonds is 2. The molecule has 0 saturated carbocycles. The predicted molar refractivity (Wildman–Crippen MR) is 47.6 cm³/mol. The van der Waals surface area contributed by atoms with Gasteiger partial charge in [-0.15, -0.1) is 5.10 Å². The normalized spacial score (nSPS) is 10.1. The molecule has 0 saturated heterocycles. The zero-order valence-corrected chi connectivity index (χ0v) is 7.49. The van der Waals surface area contributed by atoms with Crippen LogP contribution in [0.1, 0.15) is 5.56 Å². The lowest BCUT2D eigenvalue weighted by Gasteiger charge is -2.02. The van der Waals surface area contributed by atoms with Gasteiger partial charge in [-0.25, -0.2) is 4.39 Å². The van der Waals surface area contributed by atoms with Gasteiger partial charge < -0.3 is 4.74 Å². The standard InChI is InChI=1S/C9H8FN3O/c1-6-4-7(2-3-8(6)10)14-9-5-11-13-12-9/h2-5H,1H3,(H,11,12,13). The van der Waals surface area contributed by atoms with Crippen LogP contribution < -0.4 is 4.74 Å². The zero-order chi connectivity index (χ0) is 9.97. The first-order chi connectivity index (χ1) is 6.75. The molecule has 0 aliphatic heterocycles. The van der Waals surface area contributed by atoms with E-state index in [1.165, 1.54) is 18.3 Å². The maximum Gasteiger partial charge on any atom is 0.258 e. The third kappa shape index (κ3) is 1.71. The molecule has 0 aliphatic carbocycles. The number of H-pyrrole nitrogens is 1. The van der Waals surface area contributed by atoms with Crippen LogP contribution in [0.4, 0.5) is 4.39 Å². The number of hydrogen-bond acceptors (Lipinski definition) is 3. The summed E-state index contributed by atoms with van der Waals surface area (Å²) in [5, 5.41) is 9.71. The van der Waals surface area contributed by atoms with Crippen LogP contribution >= 0.6 is 0 Å². The molecule has 5 heteroatoms. The molecule has 1 aromatic heterocycles. The molecule has 14 heavy (non-hydrogen) atoms. The average molecular weight is 193 g/mol. The maximum absolute atomic E-state index is 12.9. The van der Waals surface area contributed by atoms with Crippen molar-refractivity contribution in [2.75, 3.05) is 0 Å². The van der Waals surface area contributed by atoms with Crippen LogP contribution in [0.2, 0.25) is 0 Å². The summed E-state index contributed by atoms with van der Waals surface area (Å²) in [5.41, 5.74) is 0.533. The first-order valence-electron chi connectivity index (χ1n) is 4.05. The van der Waals surface area contributed by atoms with E-state index in [-0.39, 0.29) is 5.82 Å². The molecule has 1 aromatic carbocycles. The summed E-state index contributed by atoms with van der Waals surface area (Å²) >= 11 is 0. The van der Waals surface area contributed by atoms with Crippen LogP contribution in [0.5, 0.6) is 11.6 Å². The van der Waals surface area contributed by atoms with E-state index in [2.05, 4.69) is 15.4 Å². The summed E-state index contributed by atoms with van der Waals surface area (Å²) in [6, 6.07) is 4.49. The van der Waals surface area contributed by atoms with Gasteiger partial charge in [0.05, 0.1) is 0 Å². The Bertz CT molecular complexity index is 428. The topological polar surface area (TPSA) is 50.8 Å². The lowest BCUT2D eigenvalue weighted by Crippen LogP contribution is -1.87. The maximum atomic E-state index is 12.9. The van der Waals surface area contributed by atoms with Crippen LogP contribution in [0.3, 0.4) is 0 Å². The molecule has 0 aliphatic rings. The second kappa shape index (κ2) is 3.45. The predicted octanol–water partition coefficient (Wildman–Crippen LogP) is 2.04. The van der Waals surface area contributed by atoms with Crippen molar-refractivity contribution in [2.24, 2.45) is 0 Å². The van der Waals surface area contributed by atoms with Crippen LogP contribution in [0, 0.1) is 12.7 Å². The number of aryl methyl sites for hydroxylation is 1. The largest absolute Gasteiger partial charge is 0.436 e. The molecule has 4 nitrogen and oxygen atoms in total. The Morgan fingerprint density at radius 1 is 1.43 bits per heavy atom. The SMILES string of the molecule is Cc1cc(Oc2cn[nH]n2)ccc1F. The van der Waals surface area contributed by atoms with Crippen molar-refractivity contribution < 1.29 is 9.13 Å². The Morgan fingerprint density at radius 3 is 2.93 bits per heavy atom. The lowest BCUT2D eigenvalue weighted by molar-refractivity contribution is 0.459. The quantitative estimate of drug-likeness (QED) is 0.794. The second-order valence-electron chi connectivity index (χ2n) is 2.82. The van der Waals surface area contributed by atoms with Gasteiger partial charge in [-0.05, 0) is 30.7 Å². The minimum atomic E-state index is -0.252. The van der Waals surface area contributed by atoms with Crippen molar-refractivity contribution in [3.8, 4) is 11.6 Å². The zero-order valence-electron chi connectivity index (χ0n) is 7.49. The molecule has 0 atom stereocenters. The molecule has 2 aromatic rings. The van der Waals surface area contributed by atoms with Crippen LogP contribution in [-0.2, 0) is 0 Å². The molecule has 0 amide bonds. The minimum absolute atomic E-state index is 0.252. The third-order valence-corrected chi connectivity index (χ3v) is 1.74. The fourth-order valence-electron chi connectivity index (χ4n) is 1.04. The lowest BCUT2D eigenvalue weighted by atomic mass is 10.2. The fraction of sp³-hybridized carbons (Fsp3) is 0.111. The smallest absolute Gasteiger partial charge is 0.258 e. The number of benzene rings is 1. The summed E-state index contributed by atoms with van der Waals surface area (Å²) in [4.78, 5) is 0. The highest BCUT2D eigenvalue weighted by atomic mass is 19.1. The number of halogens is 1. The molecule has 1 N–H and O–H groups in total. The van der Waals surface area contributed by atoms with E-state index in [4.69, 9.17) is 4.74 Å². The molecule has 72 valence electrons. The van der Waals surface area contributed by atoms with Crippen molar-refractivity contribution in [2.45, 2.75) is 6.92 Å². The van der Waals surface area contributed by atoms with Gasteiger partial charge in [-0.1, -0.05) is 0 Å². The summed E-state index contributed by atoms with van der Waals surface area (Å²) < 4.78 is 18.2. The molecule has 2 rings (SSSR count). The Morgan fingerprint density at radius 2 is 2.29 bits per heavy atom. The number of hydrogen-bond donors (Lipinski definition) is 1. The van der Waals surface area contributed by atoms with E-state index in [0.29, 0.717) is 17.2 Å². The number of aromatic amines is 1. The van der Waals surface area contributed by atoms with Gasteiger partial charge in [0.15, 0.2) is 0 Å². The fourth-order valence-corrected chi connectivity index (χ4v) is 1.04. The van der Waals surface area contributed by atoms with E-state index < -0.39 is 0 Å². The van der Waals surface area contributed by atoms with Gasteiger partial charge in [0, 0.05) is 0 Å². The van der Waals surface area contributed by atoms with Crippen molar-refractivity contribution in [1.29, 1.82) is 0 Å². The van der Waals surface area contributed by atoms with Crippen LogP contribution in [0.25, 0.3) is 0 Å². The highest BCUT2D eigenvalue weighted by Crippen LogP contribution is 2.20. The van der Waals surface area contributed by atoms with Gasteiger partial charge in [-0.3, -0.25) is 0 Å². The summed E-state index contributed by atoms with van der Waals surface area (Å²) in [7, 11) is 0. The van der Waals surface area contributed by atoms with Gasteiger partial charge in [0.25, 0.3) is 5.88 Å². The molecule has 0 spiro atoms. The third-order valence-electron chi connectivity index (χ3n) is 1.74. The van der Waals surface area contributed by atoms with Gasteiger partial charge in [-0.2, -0.15) is 10.3 Å². The molecule has 0 radical (unpaired) electrons. The molecule has 1 heterocycles. The van der Waals surface area contributed by atoms with E-state index in [1.807, 2.05) is 0 Å². The average Bonchev–Trinajstić information content (AvgIpc) is 2.64. The monoisotopic (exact) mass is 193 g/mol. The van der Waals surface area contributed by atoms with Crippen molar-refractivity contribution in [1.82, 2.24) is 15.4 Å². The highest BCUT2D eigenvalue weighted by molar-refractivity contribution is 5.31. The summed E-state index contributed by atoms with van der Waals surface area (Å²) in [6.45, 7) is 1.67.